The van der Waals surface area contributed by atoms with E-state index < -0.39 is 0 Å². The molecule has 1 N–H and O–H groups in total. The number of pyridine rings is 1. The molecule has 27 heavy (non-hydrogen) atoms. The van der Waals surface area contributed by atoms with Gasteiger partial charge in [0.2, 0.25) is 0 Å². The highest BCUT2D eigenvalue weighted by molar-refractivity contribution is 5.98. The van der Waals surface area contributed by atoms with E-state index >= 15 is 0 Å². The predicted octanol–water partition coefficient (Wildman–Crippen LogP) is 2.68. The second kappa shape index (κ2) is 8.45. The zero-order valence-electron chi connectivity index (χ0n) is 14.8. The third-order valence-electron chi connectivity index (χ3n) is 4.68. The van der Waals surface area contributed by atoms with Gasteiger partial charge in [0.1, 0.15) is 11.6 Å². The van der Waals surface area contributed by atoms with E-state index in [2.05, 4.69) is 21.1 Å². The van der Waals surface area contributed by atoms with E-state index in [1.165, 1.54) is 30.5 Å². The zero-order valence-corrected chi connectivity index (χ0v) is 14.8. The highest BCUT2D eigenvalue weighted by Crippen LogP contribution is 2.25. The summed E-state index contributed by atoms with van der Waals surface area (Å²) < 4.78 is 13.0. The van der Waals surface area contributed by atoms with Crippen LogP contribution in [0.3, 0.4) is 0 Å². The van der Waals surface area contributed by atoms with Crippen LogP contribution in [0.1, 0.15) is 33.6 Å². The Balaban J connectivity index is 1.57. The Kier molecular flexibility index (Phi) is 5.82. The van der Waals surface area contributed by atoms with Gasteiger partial charge in [0.15, 0.2) is 5.78 Å². The van der Waals surface area contributed by atoms with Crippen LogP contribution >= 0.6 is 0 Å². The second-order valence-corrected chi connectivity index (χ2v) is 6.42. The van der Waals surface area contributed by atoms with Crippen LogP contribution in [0, 0.1) is 24.1 Å². The Morgan fingerprint density at radius 3 is 2.41 bits per heavy atom. The molecule has 6 heteroatoms. The Morgan fingerprint density at radius 1 is 1.15 bits per heavy atom. The van der Waals surface area contributed by atoms with Gasteiger partial charge in [-0.05, 0) is 49.2 Å². The molecule has 1 aliphatic heterocycles. The number of hydrogen-bond acceptors (Lipinski definition) is 4. The summed E-state index contributed by atoms with van der Waals surface area (Å²) in [6.45, 7) is 1.58. The Morgan fingerprint density at radius 2 is 1.81 bits per heavy atom. The van der Waals surface area contributed by atoms with Crippen LogP contribution in [0.4, 0.5) is 10.2 Å². The average molecular weight is 365 g/mol. The fourth-order valence-electron chi connectivity index (χ4n) is 3.16. The molecular weight excluding hydrogens is 345 g/mol. The number of Topliss-reactive ketones (excluding diaryl/α,β-unsaturated/α-hetero) is 1. The lowest BCUT2D eigenvalue weighted by Gasteiger charge is -2.32. The first kappa shape index (κ1) is 18.6. The molecule has 1 amide bonds. The molecular formula is C21H20FN3O2. The minimum Gasteiger partial charge on any atom is -0.357 e. The standard InChI is InChI=1S/C21H20FN3O2/c1-2-11-23-21(27)17-5-8-19(24-14-17)25-12-9-16(10-13-25)20(26)15-3-6-18(22)7-4-15/h1,3-8,14,16H,9-13H2,(H,23,27). The molecule has 3 rings (SSSR count). The van der Waals surface area contributed by atoms with Crippen molar-refractivity contribution in [1.82, 2.24) is 10.3 Å². The first-order valence-electron chi connectivity index (χ1n) is 8.81. The first-order valence-corrected chi connectivity index (χ1v) is 8.81. The molecule has 0 atom stereocenters. The lowest BCUT2D eigenvalue weighted by molar-refractivity contribution is 0.0899. The molecule has 0 unspecified atom stereocenters. The van der Waals surface area contributed by atoms with Gasteiger partial charge in [0.25, 0.3) is 5.91 Å². The van der Waals surface area contributed by atoms with E-state index in [9.17, 15) is 14.0 Å². The van der Waals surface area contributed by atoms with Crippen molar-refractivity contribution < 1.29 is 14.0 Å². The van der Waals surface area contributed by atoms with E-state index in [1.807, 2.05) is 0 Å². The normalized spacial score (nSPS) is 14.4. The number of amides is 1. The summed E-state index contributed by atoms with van der Waals surface area (Å²) >= 11 is 0. The Hall–Kier alpha value is -3.20. The van der Waals surface area contributed by atoms with Crippen LogP contribution in [0.5, 0.6) is 0 Å². The fourth-order valence-corrected chi connectivity index (χ4v) is 3.16. The number of carbonyl (C=O) groups excluding carboxylic acids is 2. The van der Waals surface area contributed by atoms with Crippen LogP contribution < -0.4 is 10.2 Å². The maximum Gasteiger partial charge on any atom is 0.253 e. The lowest BCUT2D eigenvalue weighted by atomic mass is 9.89. The number of piperidine rings is 1. The van der Waals surface area contributed by atoms with E-state index in [4.69, 9.17) is 6.42 Å². The smallest absolute Gasteiger partial charge is 0.253 e. The zero-order chi connectivity index (χ0) is 19.2. The van der Waals surface area contributed by atoms with Crippen molar-refractivity contribution in [2.45, 2.75) is 12.8 Å². The molecule has 0 radical (unpaired) electrons. The van der Waals surface area contributed by atoms with Gasteiger partial charge in [-0.2, -0.15) is 0 Å². The van der Waals surface area contributed by atoms with E-state index in [0.717, 1.165) is 5.82 Å². The summed E-state index contributed by atoms with van der Waals surface area (Å²) in [6.07, 6.45) is 8.07. The molecule has 0 saturated carbocycles. The number of aromatic nitrogens is 1. The minimum absolute atomic E-state index is 0.0585. The van der Waals surface area contributed by atoms with Gasteiger partial charge in [-0.25, -0.2) is 9.37 Å². The van der Waals surface area contributed by atoms with E-state index in [1.54, 1.807) is 12.1 Å². The molecule has 5 nitrogen and oxygen atoms in total. The monoisotopic (exact) mass is 365 g/mol. The highest BCUT2D eigenvalue weighted by Gasteiger charge is 2.26. The number of rotatable bonds is 5. The molecule has 1 aromatic heterocycles. The molecule has 0 aliphatic carbocycles. The maximum atomic E-state index is 13.0. The average Bonchev–Trinajstić information content (AvgIpc) is 2.72. The summed E-state index contributed by atoms with van der Waals surface area (Å²) in [6, 6.07) is 9.21. The third kappa shape index (κ3) is 4.50. The summed E-state index contributed by atoms with van der Waals surface area (Å²) in [4.78, 5) is 30.8. The number of nitrogens with zero attached hydrogens (tertiary/aromatic N) is 2. The summed E-state index contributed by atoms with van der Waals surface area (Å²) in [5.74, 6) is 2.52. The number of carbonyl (C=O) groups is 2. The van der Waals surface area contributed by atoms with Crippen molar-refractivity contribution in [3.8, 4) is 12.3 Å². The number of halogens is 1. The van der Waals surface area contributed by atoms with Crippen molar-refractivity contribution in [1.29, 1.82) is 0 Å². The van der Waals surface area contributed by atoms with Gasteiger partial charge in [-0.1, -0.05) is 5.92 Å². The quantitative estimate of drug-likeness (QED) is 0.654. The molecule has 0 spiro atoms. The van der Waals surface area contributed by atoms with Crippen LogP contribution in [0.25, 0.3) is 0 Å². The topological polar surface area (TPSA) is 62.3 Å². The van der Waals surface area contributed by atoms with Gasteiger partial charge in [0.05, 0.1) is 12.1 Å². The molecule has 2 aromatic rings. The van der Waals surface area contributed by atoms with Crippen molar-refractivity contribution in [2.24, 2.45) is 5.92 Å². The molecule has 2 heterocycles. The van der Waals surface area contributed by atoms with Crippen LogP contribution in [-0.4, -0.2) is 36.3 Å². The van der Waals surface area contributed by atoms with Gasteiger partial charge in [-0.3, -0.25) is 9.59 Å². The predicted molar refractivity (Wildman–Crippen MR) is 101 cm³/mol. The first-order chi connectivity index (χ1) is 13.1. The van der Waals surface area contributed by atoms with Gasteiger partial charge in [-0.15, -0.1) is 6.42 Å². The number of benzene rings is 1. The SMILES string of the molecule is C#CCNC(=O)c1ccc(N2CCC(C(=O)c3ccc(F)cc3)CC2)nc1. The van der Waals surface area contributed by atoms with E-state index in [-0.39, 0.29) is 30.0 Å². The van der Waals surface area contributed by atoms with Crippen molar-refractivity contribution in [2.75, 3.05) is 24.5 Å². The Bertz CT molecular complexity index is 848. The number of nitrogens with one attached hydrogen (secondary N) is 1. The van der Waals surface area contributed by atoms with E-state index in [0.29, 0.717) is 37.1 Å². The fraction of sp³-hybridized carbons (Fsp3) is 0.286. The molecule has 1 aliphatic rings. The van der Waals surface area contributed by atoms with Crippen LogP contribution in [-0.2, 0) is 0 Å². The second-order valence-electron chi connectivity index (χ2n) is 6.42. The summed E-state index contributed by atoms with van der Waals surface area (Å²) in [5, 5.41) is 2.60. The summed E-state index contributed by atoms with van der Waals surface area (Å²) in [5.41, 5.74) is 1.01. The molecule has 1 saturated heterocycles. The maximum absolute atomic E-state index is 13.0. The minimum atomic E-state index is -0.344. The molecule has 1 fully saturated rings. The molecule has 1 aromatic carbocycles. The van der Waals surface area contributed by atoms with Crippen LogP contribution in [0.15, 0.2) is 42.6 Å². The van der Waals surface area contributed by atoms with Gasteiger partial charge in [0, 0.05) is 30.8 Å². The molecule has 0 bridgehead atoms. The number of anilines is 1. The van der Waals surface area contributed by atoms with Crippen LogP contribution in [0.2, 0.25) is 0 Å². The van der Waals surface area contributed by atoms with Crippen molar-refractivity contribution >= 4 is 17.5 Å². The highest BCUT2D eigenvalue weighted by atomic mass is 19.1. The largest absolute Gasteiger partial charge is 0.357 e. The van der Waals surface area contributed by atoms with Gasteiger partial charge >= 0.3 is 0 Å². The number of terminal acetylenes is 1. The van der Waals surface area contributed by atoms with Crippen molar-refractivity contribution in [3.05, 3.63) is 59.5 Å². The Labute approximate surface area is 157 Å². The molecule has 138 valence electrons. The third-order valence-corrected chi connectivity index (χ3v) is 4.68. The number of hydrogen-bond donors (Lipinski definition) is 1. The van der Waals surface area contributed by atoms with Gasteiger partial charge < -0.3 is 10.2 Å². The number of ketones is 1. The lowest BCUT2D eigenvalue weighted by Crippen LogP contribution is -2.37. The van der Waals surface area contributed by atoms with Crippen molar-refractivity contribution in [3.63, 3.8) is 0 Å². The summed E-state index contributed by atoms with van der Waals surface area (Å²) in [7, 11) is 0.